The Balaban J connectivity index is 1.89. The Bertz CT molecular complexity index is 687. The molecule has 0 radical (unpaired) electrons. The Morgan fingerprint density at radius 2 is 1.91 bits per heavy atom. The van der Waals surface area contributed by atoms with E-state index < -0.39 is 11.9 Å². The van der Waals surface area contributed by atoms with Gasteiger partial charge in [-0.3, -0.25) is 4.79 Å². The molecular weight excluding hydrogens is 306 g/mol. The van der Waals surface area contributed by atoms with Gasteiger partial charge < -0.3 is 14.8 Å². The largest absolute Gasteiger partial charge is 0.497 e. The fourth-order valence-electron chi connectivity index (χ4n) is 1.73. The molecule has 0 spiro atoms. The van der Waals surface area contributed by atoms with Gasteiger partial charge in [0.05, 0.1) is 12.7 Å². The van der Waals surface area contributed by atoms with Crippen molar-refractivity contribution in [3.8, 4) is 5.75 Å². The molecule has 0 aliphatic carbocycles. The minimum absolute atomic E-state index is 0.315. The van der Waals surface area contributed by atoms with Crippen molar-refractivity contribution in [2.75, 3.05) is 19.0 Å². The third kappa shape index (κ3) is 4.49. The molecule has 114 valence electrons. The average molecular weight is 320 g/mol. The first-order valence-corrected chi connectivity index (χ1v) is 6.83. The molecule has 2 rings (SSSR count). The average Bonchev–Trinajstić information content (AvgIpc) is 2.52. The second-order valence-corrected chi connectivity index (χ2v) is 4.80. The molecule has 2 aromatic carbocycles. The molecule has 0 heterocycles. The summed E-state index contributed by atoms with van der Waals surface area (Å²) in [6, 6.07) is 13.2. The Labute approximate surface area is 132 Å². The highest BCUT2D eigenvalue weighted by molar-refractivity contribution is 6.30. The number of hydrogen-bond donors (Lipinski definition) is 1. The van der Waals surface area contributed by atoms with Gasteiger partial charge in [-0.1, -0.05) is 23.7 Å². The summed E-state index contributed by atoms with van der Waals surface area (Å²) >= 11 is 5.82. The lowest BCUT2D eigenvalue weighted by atomic mass is 10.2. The van der Waals surface area contributed by atoms with E-state index in [-0.39, 0.29) is 6.61 Å². The molecule has 0 aliphatic heterocycles. The number of carbonyl (C=O) groups excluding carboxylic acids is 2. The van der Waals surface area contributed by atoms with E-state index in [0.29, 0.717) is 22.0 Å². The summed E-state index contributed by atoms with van der Waals surface area (Å²) in [5.41, 5.74) is 0.852. The molecule has 0 unspecified atom stereocenters. The lowest BCUT2D eigenvalue weighted by Crippen LogP contribution is -2.20. The molecule has 0 aromatic heterocycles. The molecule has 2 aromatic rings. The van der Waals surface area contributed by atoms with Gasteiger partial charge >= 0.3 is 5.97 Å². The summed E-state index contributed by atoms with van der Waals surface area (Å²) < 4.78 is 9.97. The summed E-state index contributed by atoms with van der Waals surface area (Å²) in [4.78, 5) is 23.6. The highest BCUT2D eigenvalue weighted by atomic mass is 35.5. The number of rotatable bonds is 5. The standard InChI is InChI=1S/C16H14ClNO4/c1-21-14-7-2-4-11(8-14)16(20)22-10-15(19)18-13-6-3-5-12(17)9-13/h2-9H,10H2,1H3,(H,18,19). The Morgan fingerprint density at radius 3 is 2.64 bits per heavy atom. The van der Waals surface area contributed by atoms with Crippen LogP contribution in [0.5, 0.6) is 5.75 Å². The SMILES string of the molecule is COc1cccc(C(=O)OCC(=O)Nc2cccc(Cl)c2)c1. The van der Waals surface area contributed by atoms with Crippen LogP contribution in [0.25, 0.3) is 0 Å². The summed E-state index contributed by atoms with van der Waals surface area (Å²) in [6.45, 7) is -0.386. The van der Waals surface area contributed by atoms with Gasteiger partial charge in [0.15, 0.2) is 6.61 Å². The molecule has 0 atom stereocenters. The van der Waals surface area contributed by atoms with Crippen LogP contribution in [0.15, 0.2) is 48.5 Å². The van der Waals surface area contributed by atoms with Crippen LogP contribution in [0.4, 0.5) is 5.69 Å². The van der Waals surface area contributed by atoms with Gasteiger partial charge in [0.2, 0.25) is 0 Å². The minimum Gasteiger partial charge on any atom is -0.497 e. The van der Waals surface area contributed by atoms with E-state index >= 15 is 0 Å². The fourth-order valence-corrected chi connectivity index (χ4v) is 1.92. The highest BCUT2D eigenvalue weighted by Crippen LogP contribution is 2.15. The van der Waals surface area contributed by atoms with Crippen LogP contribution in [0.2, 0.25) is 5.02 Å². The van der Waals surface area contributed by atoms with Crippen molar-refractivity contribution in [3.05, 3.63) is 59.1 Å². The lowest BCUT2D eigenvalue weighted by Gasteiger charge is -2.07. The fraction of sp³-hybridized carbons (Fsp3) is 0.125. The first-order chi connectivity index (χ1) is 10.6. The third-order valence-corrected chi connectivity index (χ3v) is 2.98. The quantitative estimate of drug-likeness (QED) is 0.860. The number of nitrogens with one attached hydrogen (secondary N) is 1. The third-order valence-electron chi connectivity index (χ3n) is 2.75. The maximum atomic E-state index is 11.8. The molecule has 0 saturated carbocycles. The maximum absolute atomic E-state index is 11.8. The van der Waals surface area contributed by atoms with Crippen molar-refractivity contribution in [2.45, 2.75) is 0 Å². The molecule has 6 heteroatoms. The first kappa shape index (κ1) is 15.9. The number of anilines is 1. The van der Waals surface area contributed by atoms with E-state index in [1.807, 2.05) is 0 Å². The van der Waals surface area contributed by atoms with Gasteiger partial charge in [-0.25, -0.2) is 4.79 Å². The van der Waals surface area contributed by atoms with E-state index in [0.717, 1.165) is 0 Å². The Kier molecular flexibility index (Phi) is 5.38. The number of halogens is 1. The number of carbonyl (C=O) groups is 2. The van der Waals surface area contributed by atoms with Crippen molar-refractivity contribution in [1.82, 2.24) is 0 Å². The maximum Gasteiger partial charge on any atom is 0.338 e. The van der Waals surface area contributed by atoms with Gasteiger partial charge in [0, 0.05) is 10.7 Å². The van der Waals surface area contributed by atoms with Crippen LogP contribution in [-0.2, 0) is 9.53 Å². The number of hydrogen-bond acceptors (Lipinski definition) is 4. The van der Waals surface area contributed by atoms with Gasteiger partial charge in [0.25, 0.3) is 5.91 Å². The lowest BCUT2D eigenvalue weighted by molar-refractivity contribution is -0.119. The zero-order chi connectivity index (χ0) is 15.9. The molecule has 0 aliphatic rings. The zero-order valence-electron chi connectivity index (χ0n) is 11.8. The van der Waals surface area contributed by atoms with E-state index in [1.54, 1.807) is 42.5 Å². The van der Waals surface area contributed by atoms with Crippen LogP contribution >= 0.6 is 11.6 Å². The number of esters is 1. The molecule has 1 N–H and O–H groups in total. The van der Waals surface area contributed by atoms with Gasteiger partial charge in [-0.2, -0.15) is 0 Å². The molecule has 1 amide bonds. The molecule has 0 bridgehead atoms. The van der Waals surface area contributed by atoms with Gasteiger partial charge in [0.1, 0.15) is 5.75 Å². The summed E-state index contributed by atoms with van der Waals surface area (Å²) in [6.07, 6.45) is 0. The van der Waals surface area contributed by atoms with Crippen LogP contribution in [-0.4, -0.2) is 25.6 Å². The Hall–Kier alpha value is -2.53. The summed E-state index contributed by atoms with van der Waals surface area (Å²) in [5, 5.41) is 3.09. The number of ether oxygens (including phenoxy) is 2. The van der Waals surface area contributed by atoms with E-state index in [4.69, 9.17) is 21.1 Å². The zero-order valence-corrected chi connectivity index (χ0v) is 12.6. The summed E-state index contributed by atoms with van der Waals surface area (Å²) in [5.74, 6) is -0.503. The van der Waals surface area contributed by atoms with Crippen molar-refractivity contribution >= 4 is 29.2 Å². The van der Waals surface area contributed by atoms with E-state index in [1.165, 1.54) is 13.2 Å². The smallest absolute Gasteiger partial charge is 0.338 e. The van der Waals surface area contributed by atoms with Crippen LogP contribution in [0.1, 0.15) is 10.4 Å². The van der Waals surface area contributed by atoms with Crippen molar-refractivity contribution in [2.24, 2.45) is 0 Å². The molecule has 0 saturated heterocycles. The van der Waals surface area contributed by atoms with E-state index in [2.05, 4.69) is 5.32 Å². The van der Waals surface area contributed by atoms with Crippen molar-refractivity contribution < 1.29 is 19.1 Å². The minimum atomic E-state index is -0.597. The van der Waals surface area contributed by atoms with Crippen LogP contribution in [0.3, 0.4) is 0 Å². The molecular formula is C16H14ClNO4. The topological polar surface area (TPSA) is 64.6 Å². The number of methoxy groups -OCH3 is 1. The monoisotopic (exact) mass is 319 g/mol. The van der Waals surface area contributed by atoms with Gasteiger partial charge in [-0.15, -0.1) is 0 Å². The number of amides is 1. The second kappa shape index (κ2) is 7.47. The van der Waals surface area contributed by atoms with Gasteiger partial charge in [-0.05, 0) is 36.4 Å². The molecule has 5 nitrogen and oxygen atoms in total. The predicted octanol–water partition coefficient (Wildman–Crippen LogP) is 3.14. The summed E-state index contributed by atoms with van der Waals surface area (Å²) in [7, 11) is 1.50. The molecule has 22 heavy (non-hydrogen) atoms. The normalized spacial score (nSPS) is 9.91. The van der Waals surface area contributed by atoms with Crippen LogP contribution in [0, 0.1) is 0 Å². The molecule has 0 fully saturated rings. The van der Waals surface area contributed by atoms with Crippen LogP contribution < -0.4 is 10.1 Å². The highest BCUT2D eigenvalue weighted by Gasteiger charge is 2.11. The van der Waals surface area contributed by atoms with E-state index in [9.17, 15) is 9.59 Å². The van der Waals surface area contributed by atoms with Crippen molar-refractivity contribution in [3.63, 3.8) is 0 Å². The number of benzene rings is 2. The Morgan fingerprint density at radius 1 is 1.14 bits per heavy atom. The predicted molar refractivity (Wildman–Crippen MR) is 83.4 cm³/mol. The first-order valence-electron chi connectivity index (χ1n) is 6.45. The second-order valence-electron chi connectivity index (χ2n) is 4.37. The van der Waals surface area contributed by atoms with Crippen molar-refractivity contribution in [1.29, 1.82) is 0 Å².